The summed E-state index contributed by atoms with van der Waals surface area (Å²) >= 11 is 0. The summed E-state index contributed by atoms with van der Waals surface area (Å²) in [5.74, 6) is 0.0243. The number of anilines is 1. The molecular weight excluding hydrogens is 314 g/mol. The van der Waals surface area contributed by atoms with Gasteiger partial charge in [0.2, 0.25) is 0 Å². The van der Waals surface area contributed by atoms with Crippen LogP contribution in [0.4, 0.5) is 5.69 Å². The fourth-order valence-corrected chi connectivity index (χ4v) is 3.89. The Morgan fingerprint density at radius 2 is 1.12 bits per heavy atom. The highest BCUT2D eigenvalue weighted by molar-refractivity contribution is 8.01. The van der Waals surface area contributed by atoms with E-state index in [1.807, 2.05) is 95.9 Å². The molecule has 0 radical (unpaired) electrons. The summed E-state index contributed by atoms with van der Waals surface area (Å²) in [5, 5.41) is 0. The van der Waals surface area contributed by atoms with Crippen LogP contribution in [0.2, 0.25) is 0 Å². The summed E-state index contributed by atoms with van der Waals surface area (Å²) in [6.45, 7) is 0. The molecule has 0 N–H and O–H groups in total. The molecule has 0 unspecified atom stereocenters. The standard InChI is InChI=1S/C21H15NOS/c23-20-19(16-10-4-1-5-11-16)24-21(17-12-6-2-7-13-17)22(20)18-14-8-3-9-15-18/h1-15H. The van der Waals surface area contributed by atoms with E-state index in [2.05, 4.69) is 0 Å². The van der Waals surface area contributed by atoms with Gasteiger partial charge in [-0.3, -0.25) is 9.69 Å². The minimum atomic E-state index is 0.0243. The van der Waals surface area contributed by atoms with E-state index in [4.69, 9.17) is 0 Å². The van der Waals surface area contributed by atoms with E-state index in [0.29, 0.717) is 0 Å². The zero-order chi connectivity index (χ0) is 16.4. The van der Waals surface area contributed by atoms with Crippen LogP contribution in [-0.2, 0) is 4.79 Å². The third kappa shape index (κ3) is 2.59. The first kappa shape index (κ1) is 14.7. The maximum atomic E-state index is 13.1. The summed E-state index contributed by atoms with van der Waals surface area (Å²) in [5.41, 5.74) is 2.89. The van der Waals surface area contributed by atoms with Crippen LogP contribution in [0.25, 0.3) is 0 Å². The Morgan fingerprint density at radius 1 is 0.625 bits per heavy atom. The molecule has 0 saturated heterocycles. The van der Waals surface area contributed by atoms with Gasteiger partial charge < -0.3 is 0 Å². The molecule has 2 nitrogen and oxygen atoms in total. The molecule has 0 bridgehead atoms. The molecule has 1 amide bonds. The minimum absolute atomic E-state index is 0.0243. The maximum Gasteiger partial charge on any atom is 0.274 e. The smallest absolute Gasteiger partial charge is 0.267 e. The Morgan fingerprint density at radius 3 is 1.71 bits per heavy atom. The molecule has 1 aliphatic heterocycles. The lowest BCUT2D eigenvalue weighted by molar-refractivity contribution is -0.111. The number of carbonyl (C=O) groups is 1. The summed E-state index contributed by atoms with van der Waals surface area (Å²) in [6, 6.07) is 29.7. The Kier molecular flexibility index (Phi) is 3.85. The van der Waals surface area contributed by atoms with Gasteiger partial charge in [0.15, 0.2) is 0 Å². The first-order chi connectivity index (χ1) is 11.8. The lowest BCUT2D eigenvalue weighted by Crippen LogP contribution is -2.36. The monoisotopic (exact) mass is 329 g/mol. The summed E-state index contributed by atoms with van der Waals surface area (Å²) in [4.78, 5) is 16.7. The SMILES string of the molecule is O=C1C(c2ccccc2)=S=C(c2ccccc2)N1c1ccccc1. The van der Waals surface area contributed by atoms with Gasteiger partial charge in [-0.25, -0.2) is 0 Å². The highest BCUT2D eigenvalue weighted by Crippen LogP contribution is 2.25. The van der Waals surface area contributed by atoms with Crippen LogP contribution in [0, 0.1) is 0 Å². The number of amides is 1. The molecule has 1 heterocycles. The van der Waals surface area contributed by atoms with Crippen molar-refractivity contribution in [1.82, 2.24) is 0 Å². The molecule has 24 heavy (non-hydrogen) atoms. The molecule has 3 heteroatoms. The highest BCUT2D eigenvalue weighted by Gasteiger charge is 2.30. The lowest BCUT2D eigenvalue weighted by atomic mass is 10.1. The normalized spacial score (nSPS) is 14.0. The fourth-order valence-electron chi connectivity index (χ4n) is 2.73. The van der Waals surface area contributed by atoms with E-state index in [0.717, 1.165) is 26.7 Å². The van der Waals surface area contributed by atoms with Gasteiger partial charge in [-0.05, 0) is 17.7 Å². The third-order valence-electron chi connectivity index (χ3n) is 3.87. The number of para-hydroxylation sites is 1. The van der Waals surface area contributed by atoms with Crippen LogP contribution in [0.5, 0.6) is 0 Å². The second-order valence-electron chi connectivity index (χ2n) is 5.44. The second kappa shape index (κ2) is 6.30. The Bertz CT molecular complexity index is 943. The van der Waals surface area contributed by atoms with Crippen LogP contribution >= 0.6 is 10.9 Å². The van der Waals surface area contributed by atoms with Crippen LogP contribution in [0.15, 0.2) is 91.0 Å². The molecular formula is C21H15NOS. The lowest BCUT2D eigenvalue weighted by Gasteiger charge is -2.20. The van der Waals surface area contributed by atoms with Crippen LogP contribution in [0.1, 0.15) is 11.1 Å². The van der Waals surface area contributed by atoms with Crippen LogP contribution in [0.3, 0.4) is 0 Å². The second-order valence-corrected chi connectivity index (χ2v) is 6.44. The summed E-state index contributed by atoms with van der Waals surface area (Å²) < 4.78 is 0. The molecule has 116 valence electrons. The minimum Gasteiger partial charge on any atom is -0.267 e. The quantitative estimate of drug-likeness (QED) is 0.661. The van der Waals surface area contributed by atoms with Crippen molar-refractivity contribution in [3.8, 4) is 0 Å². The molecule has 0 fully saturated rings. The topological polar surface area (TPSA) is 20.3 Å². The molecule has 1 aliphatic rings. The van der Waals surface area contributed by atoms with Crippen molar-refractivity contribution >= 4 is 32.4 Å². The van der Waals surface area contributed by atoms with Gasteiger partial charge in [0.05, 0.1) is 5.69 Å². The number of carbonyl (C=O) groups excluding carboxylic acids is 1. The molecule has 0 atom stereocenters. The van der Waals surface area contributed by atoms with Crippen molar-refractivity contribution in [2.45, 2.75) is 0 Å². The van der Waals surface area contributed by atoms with Gasteiger partial charge in [0.1, 0.15) is 9.85 Å². The van der Waals surface area contributed by atoms with E-state index in [9.17, 15) is 4.79 Å². The zero-order valence-corrected chi connectivity index (χ0v) is 13.7. The maximum absolute atomic E-state index is 13.1. The van der Waals surface area contributed by atoms with E-state index in [-0.39, 0.29) is 5.91 Å². The number of rotatable bonds is 3. The van der Waals surface area contributed by atoms with E-state index < -0.39 is 0 Å². The fraction of sp³-hybridized carbons (Fsp3) is 0. The van der Waals surface area contributed by atoms with Crippen LogP contribution in [-0.4, -0.2) is 15.8 Å². The van der Waals surface area contributed by atoms with Gasteiger partial charge in [0.25, 0.3) is 5.91 Å². The average molecular weight is 329 g/mol. The summed E-state index contributed by atoms with van der Waals surface area (Å²) in [6.07, 6.45) is 0. The van der Waals surface area contributed by atoms with Gasteiger partial charge in [-0.1, -0.05) is 78.9 Å². The molecule has 4 rings (SSSR count). The first-order valence-electron chi connectivity index (χ1n) is 7.77. The number of benzene rings is 3. The predicted molar refractivity (Wildman–Crippen MR) is 103 cm³/mol. The van der Waals surface area contributed by atoms with Crippen molar-refractivity contribution in [3.05, 3.63) is 102 Å². The Labute approximate surface area is 144 Å². The third-order valence-corrected chi connectivity index (χ3v) is 5.10. The van der Waals surface area contributed by atoms with E-state index >= 15 is 0 Å². The summed E-state index contributed by atoms with van der Waals surface area (Å²) in [7, 11) is 1.54. The van der Waals surface area contributed by atoms with Gasteiger partial charge in [-0.2, -0.15) is 0 Å². The predicted octanol–water partition coefficient (Wildman–Crippen LogP) is 4.17. The van der Waals surface area contributed by atoms with E-state index in [1.165, 1.54) is 10.9 Å². The molecule has 0 aliphatic carbocycles. The first-order valence-corrected chi connectivity index (χ1v) is 8.58. The van der Waals surface area contributed by atoms with Crippen molar-refractivity contribution in [2.24, 2.45) is 0 Å². The van der Waals surface area contributed by atoms with Crippen LogP contribution < -0.4 is 4.90 Å². The zero-order valence-electron chi connectivity index (χ0n) is 12.9. The largest absolute Gasteiger partial charge is 0.274 e. The number of hydrogen-bond acceptors (Lipinski definition) is 1. The molecule has 3 aromatic rings. The van der Waals surface area contributed by atoms with Gasteiger partial charge in [-0.15, -0.1) is 10.9 Å². The molecule has 3 aromatic carbocycles. The molecule has 0 spiro atoms. The average Bonchev–Trinajstić information content (AvgIpc) is 3.01. The number of nitrogens with zero attached hydrogens (tertiary/aromatic N) is 1. The van der Waals surface area contributed by atoms with E-state index in [1.54, 1.807) is 0 Å². The van der Waals surface area contributed by atoms with Crippen molar-refractivity contribution in [1.29, 1.82) is 0 Å². The molecule has 0 aromatic heterocycles. The highest BCUT2D eigenvalue weighted by atomic mass is 32.1. The van der Waals surface area contributed by atoms with Gasteiger partial charge >= 0.3 is 0 Å². The number of hydrogen-bond donors (Lipinski definition) is 0. The molecule has 0 saturated carbocycles. The van der Waals surface area contributed by atoms with Gasteiger partial charge in [0, 0.05) is 5.56 Å². The Balaban J connectivity index is 1.89. The van der Waals surface area contributed by atoms with Crippen molar-refractivity contribution in [2.75, 3.05) is 4.90 Å². The van der Waals surface area contributed by atoms with Crippen molar-refractivity contribution < 1.29 is 4.79 Å². The van der Waals surface area contributed by atoms with Crippen molar-refractivity contribution in [3.63, 3.8) is 0 Å². The Hall–Kier alpha value is -2.91.